The van der Waals surface area contributed by atoms with Crippen molar-refractivity contribution in [3.8, 4) is 0 Å². The highest BCUT2D eigenvalue weighted by Crippen LogP contribution is 2.20. The van der Waals surface area contributed by atoms with Crippen LogP contribution in [0.3, 0.4) is 0 Å². The summed E-state index contributed by atoms with van der Waals surface area (Å²) in [7, 11) is 0. The Morgan fingerprint density at radius 2 is 1.83 bits per heavy atom. The second kappa shape index (κ2) is 8.54. The molecule has 1 nitrogen and oxygen atoms in total. The number of benzene rings is 1. The molecule has 0 heterocycles. The molecular weight excluding hydrogens is 245 g/mol. The Labute approximate surface area is 115 Å². The van der Waals surface area contributed by atoms with Crippen molar-refractivity contribution in [3.63, 3.8) is 0 Å². The maximum atomic E-state index is 12.9. The van der Waals surface area contributed by atoms with Gasteiger partial charge in [-0.1, -0.05) is 32.9 Å². The Hall–Kier alpha value is -0.540. The Morgan fingerprint density at radius 1 is 1.17 bits per heavy atom. The van der Waals surface area contributed by atoms with E-state index in [1.54, 1.807) is 12.1 Å². The molecule has 1 N–H and O–H groups in total. The smallest absolute Gasteiger partial charge is 0.123 e. The van der Waals surface area contributed by atoms with Crippen LogP contribution < -0.4 is 5.32 Å². The number of hydrogen-bond donors (Lipinski definition) is 1. The molecule has 0 saturated carbocycles. The van der Waals surface area contributed by atoms with Gasteiger partial charge in [0.15, 0.2) is 0 Å². The third kappa shape index (κ3) is 5.87. The van der Waals surface area contributed by atoms with Gasteiger partial charge < -0.3 is 5.32 Å². The van der Waals surface area contributed by atoms with E-state index < -0.39 is 0 Å². The van der Waals surface area contributed by atoms with Gasteiger partial charge in [0.2, 0.25) is 0 Å². The highest BCUT2D eigenvalue weighted by molar-refractivity contribution is 7.99. The molecule has 18 heavy (non-hydrogen) atoms. The van der Waals surface area contributed by atoms with Gasteiger partial charge in [-0.15, -0.1) is 0 Å². The summed E-state index contributed by atoms with van der Waals surface area (Å²) in [5, 5.41) is 3.54. The van der Waals surface area contributed by atoms with Gasteiger partial charge in [0, 0.05) is 11.8 Å². The van der Waals surface area contributed by atoms with Crippen LogP contribution in [-0.2, 0) is 0 Å². The normalized spacial score (nSPS) is 12.9. The fraction of sp³-hybridized carbons (Fsp3) is 0.600. The van der Waals surface area contributed by atoms with Crippen LogP contribution in [0.5, 0.6) is 0 Å². The van der Waals surface area contributed by atoms with E-state index in [2.05, 4.69) is 26.1 Å². The molecule has 0 aromatic heterocycles. The SMILES string of the molecule is CCCNC(CSCC(C)C)c1ccc(F)cc1. The lowest BCUT2D eigenvalue weighted by Gasteiger charge is -2.19. The third-order valence-corrected chi connectivity index (χ3v) is 4.12. The molecule has 0 aliphatic carbocycles. The van der Waals surface area contributed by atoms with Crippen molar-refractivity contribution in [1.29, 1.82) is 0 Å². The summed E-state index contributed by atoms with van der Waals surface area (Å²) < 4.78 is 12.9. The number of thioether (sulfide) groups is 1. The van der Waals surface area contributed by atoms with Crippen LogP contribution in [0.2, 0.25) is 0 Å². The van der Waals surface area contributed by atoms with Crippen molar-refractivity contribution in [2.75, 3.05) is 18.1 Å². The largest absolute Gasteiger partial charge is 0.309 e. The zero-order chi connectivity index (χ0) is 13.4. The summed E-state index contributed by atoms with van der Waals surface area (Å²) >= 11 is 1.96. The van der Waals surface area contributed by atoms with Crippen molar-refractivity contribution in [3.05, 3.63) is 35.6 Å². The van der Waals surface area contributed by atoms with Crippen molar-refractivity contribution >= 4 is 11.8 Å². The first kappa shape index (κ1) is 15.5. The van der Waals surface area contributed by atoms with Crippen molar-refractivity contribution in [2.45, 2.75) is 33.2 Å². The molecular formula is C15H24FNS. The van der Waals surface area contributed by atoms with Crippen molar-refractivity contribution in [2.24, 2.45) is 5.92 Å². The third-order valence-electron chi connectivity index (χ3n) is 2.65. The first-order chi connectivity index (χ1) is 8.63. The number of rotatable bonds is 8. The zero-order valence-electron chi connectivity index (χ0n) is 11.6. The van der Waals surface area contributed by atoms with E-state index in [0.29, 0.717) is 6.04 Å². The predicted molar refractivity (Wildman–Crippen MR) is 79.6 cm³/mol. The molecule has 0 fully saturated rings. The quantitative estimate of drug-likeness (QED) is 0.757. The lowest BCUT2D eigenvalue weighted by Crippen LogP contribution is -2.24. The van der Waals surface area contributed by atoms with Crippen LogP contribution in [0, 0.1) is 11.7 Å². The first-order valence-electron chi connectivity index (χ1n) is 6.70. The van der Waals surface area contributed by atoms with Gasteiger partial charge in [0.25, 0.3) is 0 Å². The molecule has 0 aliphatic heterocycles. The molecule has 3 heteroatoms. The van der Waals surface area contributed by atoms with Gasteiger partial charge in [-0.2, -0.15) is 11.8 Å². The topological polar surface area (TPSA) is 12.0 Å². The lowest BCUT2D eigenvalue weighted by atomic mass is 10.1. The Bertz CT molecular complexity index is 324. The number of halogens is 1. The monoisotopic (exact) mass is 269 g/mol. The van der Waals surface area contributed by atoms with E-state index >= 15 is 0 Å². The summed E-state index contributed by atoms with van der Waals surface area (Å²) in [5.74, 6) is 2.77. The average molecular weight is 269 g/mol. The molecule has 0 amide bonds. The summed E-state index contributed by atoms with van der Waals surface area (Å²) in [6.07, 6.45) is 1.12. The molecule has 0 bridgehead atoms. The molecule has 0 radical (unpaired) electrons. The molecule has 1 rings (SSSR count). The van der Waals surface area contributed by atoms with Crippen LogP contribution in [-0.4, -0.2) is 18.1 Å². The average Bonchev–Trinajstić information content (AvgIpc) is 2.34. The lowest BCUT2D eigenvalue weighted by molar-refractivity contribution is 0.573. The number of hydrogen-bond acceptors (Lipinski definition) is 2. The van der Waals surface area contributed by atoms with Gasteiger partial charge in [-0.05, 0) is 42.3 Å². The molecule has 1 aromatic rings. The molecule has 1 unspecified atom stereocenters. The minimum Gasteiger partial charge on any atom is -0.309 e. The highest BCUT2D eigenvalue weighted by atomic mass is 32.2. The second-order valence-electron chi connectivity index (χ2n) is 4.99. The van der Waals surface area contributed by atoms with Crippen LogP contribution in [0.4, 0.5) is 4.39 Å². The van der Waals surface area contributed by atoms with Gasteiger partial charge in [-0.25, -0.2) is 4.39 Å². The molecule has 102 valence electrons. The number of nitrogens with one attached hydrogen (secondary N) is 1. The van der Waals surface area contributed by atoms with Gasteiger partial charge in [-0.3, -0.25) is 0 Å². The molecule has 1 aromatic carbocycles. The summed E-state index contributed by atoms with van der Waals surface area (Å²) in [6.45, 7) is 7.64. The van der Waals surface area contributed by atoms with E-state index in [1.165, 1.54) is 11.3 Å². The fourth-order valence-electron chi connectivity index (χ4n) is 1.71. The summed E-state index contributed by atoms with van der Waals surface area (Å²) in [5.41, 5.74) is 1.18. The summed E-state index contributed by atoms with van der Waals surface area (Å²) in [6, 6.07) is 7.19. The van der Waals surface area contributed by atoms with Crippen LogP contribution >= 0.6 is 11.8 Å². The maximum absolute atomic E-state index is 12.9. The van der Waals surface area contributed by atoms with Gasteiger partial charge in [0.05, 0.1) is 0 Å². The van der Waals surface area contributed by atoms with E-state index in [0.717, 1.165) is 24.6 Å². The zero-order valence-corrected chi connectivity index (χ0v) is 12.4. The molecule has 0 aliphatic rings. The Balaban J connectivity index is 2.56. The predicted octanol–water partition coefficient (Wildman–Crippen LogP) is 4.26. The molecule has 0 saturated heterocycles. The van der Waals surface area contributed by atoms with E-state index in [4.69, 9.17) is 0 Å². The van der Waals surface area contributed by atoms with Gasteiger partial charge in [0.1, 0.15) is 5.82 Å². The minimum atomic E-state index is -0.164. The fourth-order valence-corrected chi connectivity index (χ4v) is 2.86. The highest BCUT2D eigenvalue weighted by Gasteiger charge is 2.11. The van der Waals surface area contributed by atoms with E-state index in [-0.39, 0.29) is 5.82 Å². The van der Waals surface area contributed by atoms with E-state index in [1.807, 2.05) is 23.9 Å². The second-order valence-corrected chi connectivity index (χ2v) is 6.06. The molecule has 1 atom stereocenters. The molecule has 0 spiro atoms. The van der Waals surface area contributed by atoms with Gasteiger partial charge >= 0.3 is 0 Å². The van der Waals surface area contributed by atoms with Crippen LogP contribution in [0.15, 0.2) is 24.3 Å². The minimum absolute atomic E-state index is 0.164. The van der Waals surface area contributed by atoms with Crippen molar-refractivity contribution in [1.82, 2.24) is 5.32 Å². The maximum Gasteiger partial charge on any atom is 0.123 e. The van der Waals surface area contributed by atoms with E-state index in [9.17, 15) is 4.39 Å². The Morgan fingerprint density at radius 3 is 2.39 bits per heavy atom. The Kier molecular flexibility index (Phi) is 7.36. The summed E-state index contributed by atoms with van der Waals surface area (Å²) in [4.78, 5) is 0. The van der Waals surface area contributed by atoms with Crippen LogP contribution in [0.25, 0.3) is 0 Å². The first-order valence-corrected chi connectivity index (χ1v) is 7.85. The van der Waals surface area contributed by atoms with Crippen molar-refractivity contribution < 1.29 is 4.39 Å². The standard InChI is InChI=1S/C15H24FNS/c1-4-9-17-15(11-18-10-12(2)3)13-5-7-14(16)8-6-13/h5-8,12,15,17H,4,9-11H2,1-3H3. The van der Waals surface area contributed by atoms with Crippen LogP contribution in [0.1, 0.15) is 38.8 Å².